The molecule has 0 atom stereocenters. The van der Waals surface area contributed by atoms with Crippen LogP contribution in [0.3, 0.4) is 0 Å². The lowest BCUT2D eigenvalue weighted by Gasteiger charge is -2.27. The van der Waals surface area contributed by atoms with Gasteiger partial charge >= 0.3 is 6.09 Å². The minimum Gasteiger partial charge on any atom is -0.491 e. The average molecular weight is 334 g/mol. The van der Waals surface area contributed by atoms with Crippen molar-refractivity contribution in [3.63, 3.8) is 0 Å². The highest BCUT2D eigenvalue weighted by Crippen LogP contribution is 2.22. The van der Waals surface area contributed by atoms with Crippen molar-refractivity contribution in [3.8, 4) is 5.75 Å². The molecular formula is C19H30N2O3. The molecule has 24 heavy (non-hydrogen) atoms. The van der Waals surface area contributed by atoms with E-state index in [2.05, 4.69) is 17.0 Å². The monoisotopic (exact) mass is 334 g/mol. The Morgan fingerprint density at radius 2 is 1.71 bits per heavy atom. The number of rotatable bonds is 3. The summed E-state index contributed by atoms with van der Waals surface area (Å²) in [5, 5.41) is 0. The summed E-state index contributed by atoms with van der Waals surface area (Å²) in [6.45, 7) is 12.9. The lowest BCUT2D eigenvalue weighted by Crippen LogP contribution is -2.39. The van der Waals surface area contributed by atoms with E-state index in [0.29, 0.717) is 6.54 Å². The summed E-state index contributed by atoms with van der Waals surface area (Å²) in [4.78, 5) is 16.3. The van der Waals surface area contributed by atoms with E-state index >= 15 is 0 Å². The fourth-order valence-electron chi connectivity index (χ4n) is 2.69. The van der Waals surface area contributed by atoms with Crippen molar-refractivity contribution in [3.05, 3.63) is 24.3 Å². The maximum absolute atomic E-state index is 12.2. The average Bonchev–Trinajstić information content (AvgIpc) is 2.71. The molecule has 1 aliphatic rings. The quantitative estimate of drug-likeness (QED) is 0.840. The van der Waals surface area contributed by atoms with Crippen LogP contribution in [0.15, 0.2) is 24.3 Å². The van der Waals surface area contributed by atoms with Gasteiger partial charge in [-0.25, -0.2) is 4.79 Å². The molecule has 0 spiro atoms. The zero-order valence-corrected chi connectivity index (χ0v) is 15.5. The molecule has 1 amide bonds. The Labute approximate surface area is 145 Å². The first-order valence-corrected chi connectivity index (χ1v) is 8.74. The Morgan fingerprint density at radius 3 is 2.29 bits per heavy atom. The van der Waals surface area contributed by atoms with Crippen molar-refractivity contribution in [2.24, 2.45) is 0 Å². The molecule has 1 fully saturated rings. The van der Waals surface area contributed by atoms with Crippen LogP contribution in [0.4, 0.5) is 10.5 Å². The van der Waals surface area contributed by atoms with Gasteiger partial charge in [0.1, 0.15) is 11.4 Å². The summed E-state index contributed by atoms with van der Waals surface area (Å²) in [5.74, 6) is 0.888. The van der Waals surface area contributed by atoms with Crippen molar-refractivity contribution in [2.75, 3.05) is 31.1 Å². The van der Waals surface area contributed by atoms with Crippen molar-refractivity contribution in [1.82, 2.24) is 4.90 Å². The van der Waals surface area contributed by atoms with E-state index in [1.807, 2.05) is 51.7 Å². The van der Waals surface area contributed by atoms with Crippen LogP contribution in [0.5, 0.6) is 5.75 Å². The zero-order chi connectivity index (χ0) is 17.7. The summed E-state index contributed by atoms with van der Waals surface area (Å²) in [6, 6.07) is 8.18. The molecule has 0 radical (unpaired) electrons. The van der Waals surface area contributed by atoms with Gasteiger partial charge in [0.05, 0.1) is 6.10 Å². The minimum atomic E-state index is -0.449. The molecule has 134 valence electrons. The van der Waals surface area contributed by atoms with Crippen LogP contribution < -0.4 is 9.64 Å². The molecule has 1 aromatic rings. The number of anilines is 1. The van der Waals surface area contributed by atoms with E-state index < -0.39 is 5.60 Å². The molecule has 0 unspecified atom stereocenters. The number of nitrogens with zero attached hydrogens (tertiary/aromatic N) is 2. The molecule has 2 rings (SSSR count). The number of amides is 1. The summed E-state index contributed by atoms with van der Waals surface area (Å²) < 4.78 is 11.2. The Hall–Kier alpha value is -1.91. The van der Waals surface area contributed by atoms with E-state index in [1.54, 1.807) is 0 Å². The summed E-state index contributed by atoms with van der Waals surface area (Å²) in [6.07, 6.45) is 0.894. The molecule has 5 heteroatoms. The fourth-order valence-corrected chi connectivity index (χ4v) is 2.69. The van der Waals surface area contributed by atoms with Gasteiger partial charge in [-0.2, -0.15) is 0 Å². The first-order chi connectivity index (χ1) is 11.2. The first kappa shape index (κ1) is 18.4. The number of hydrogen-bond acceptors (Lipinski definition) is 4. The first-order valence-electron chi connectivity index (χ1n) is 8.74. The standard InChI is InChI=1S/C19H30N2O3/c1-15(2)23-17-9-7-16(8-10-17)20-11-6-12-21(14-13-20)18(22)24-19(3,4)5/h7-10,15H,6,11-14H2,1-5H3. The summed E-state index contributed by atoms with van der Waals surface area (Å²) >= 11 is 0. The molecule has 1 aromatic carbocycles. The normalized spacial score (nSPS) is 16.1. The van der Waals surface area contributed by atoms with Crippen LogP contribution in [0.1, 0.15) is 41.0 Å². The Bertz CT molecular complexity index is 535. The molecule has 0 saturated carbocycles. The van der Waals surface area contributed by atoms with E-state index in [4.69, 9.17) is 9.47 Å². The maximum Gasteiger partial charge on any atom is 0.410 e. The van der Waals surface area contributed by atoms with Crippen LogP contribution in [-0.2, 0) is 4.74 Å². The van der Waals surface area contributed by atoms with E-state index in [9.17, 15) is 4.79 Å². The molecule has 0 aliphatic carbocycles. The molecule has 1 heterocycles. The second-order valence-electron chi connectivity index (χ2n) is 7.47. The van der Waals surface area contributed by atoms with Gasteiger partial charge < -0.3 is 19.3 Å². The predicted octanol–water partition coefficient (Wildman–Crippen LogP) is 3.92. The molecule has 0 bridgehead atoms. The van der Waals surface area contributed by atoms with E-state index in [1.165, 1.54) is 0 Å². The van der Waals surface area contributed by atoms with Gasteiger partial charge in [0, 0.05) is 31.9 Å². The van der Waals surface area contributed by atoms with Crippen LogP contribution in [0, 0.1) is 0 Å². The van der Waals surface area contributed by atoms with Gasteiger partial charge in [0.2, 0.25) is 0 Å². The van der Waals surface area contributed by atoms with Crippen LogP contribution in [0.2, 0.25) is 0 Å². The highest BCUT2D eigenvalue weighted by molar-refractivity contribution is 5.68. The molecular weight excluding hydrogens is 304 g/mol. The van der Waals surface area contributed by atoms with Gasteiger partial charge in [-0.1, -0.05) is 0 Å². The van der Waals surface area contributed by atoms with Crippen molar-refractivity contribution >= 4 is 11.8 Å². The lowest BCUT2D eigenvalue weighted by atomic mass is 10.2. The molecule has 1 saturated heterocycles. The number of hydrogen-bond donors (Lipinski definition) is 0. The number of benzene rings is 1. The summed E-state index contributed by atoms with van der Waals surface area (Å²) in [7, 11) is 0. The van der Waals surface area contributed by atoms with Crippen LogP contribution >= 0.6 is 0 Å². The van der Waals surface area contributed by atoms with E-state index in [-0.39, 0.29) is 12.2 Å². The second kappa shape index (κ2) is 7.77. The largest absolute Gasteiger partial charge is 0.491 e. The smallest absolute Gasteiger partial charge is 0.410 e. The minimum absolute atomic E-state index is 0.177. The van der Waals surface area contributed by atoms with Gasteiger partial charge in [-0.3, -0.25) is 0 Å². The van der Waals surface area contributed by atoms with Gasteiger partial charge in [0.15, 0.2) is 0 Å². The van der Waals surface area contributed by atoms with Crippen molar-refractivity contribution < 1.29 is 14.3 Å². The number of ether oxygens (including phenoxy) is 2. The highest BCUT2D eigenvalue weighted by Gasteiger charge is 2.24. The summed E-state index contributed by atoms with van der Waals surface area (Å²) in [5.41, 5.74) is 0.715. The Balaban J connectivity index is 1.94. The maximum atomic E-state index is 12.2. The lowest BCUT2D eigenvalue weighted by molar-refractivity contribution is 0.0263. The fraction of sp³-hybridized carbons (Fsp3) is 0.632. The molecule has 5 nitrogen and oxygen atoms in total. The highest BCUT2D eigenvalue weighted by atomic mass is 16.6. The number of carbonyl (C=O) groups is 1. The number of carbonyl (C=O) groups excluding carboxylic acids is 1. The third kappa shape index (κ3) is 5.62. The topological polar surface area (TPSA) is 42.0 Å². The third-order valence-corrected chi connectivity index (χ3v) is 3.72. The van der Waals surface area contributed by atoms with Crippen LogP contribution in [-0.4, -0.2) is 48.9 Å². The van der Waals surface area contributed by atoms with Crippen molar-refractivity contribution in [2.45, 2.75) is 52.7 Å². The Morgan fingerprint density at radius 1 is 1.04 bits per heavy atom. The van der Waals surface area contributed by atoms with Gasteiger partial charge in [-0.05, 0) is 65.3 Å². The van der Waals surface area contributed by atoms with Gasteiger partial charge in [-0.15, -0.1) is 0 Å². The van der Waals surface area contributed by atoms with Crippen molar-refractivity contribution in [1.29, 1.82) is 0 Å². The molecule has 1 aliphatic heterocycles. The Kier molecular flexibility index (Phi) is 5.97. The van der Waals surface area contributed by atoms with Gasteiger partial charge in [0.25, 0.3) is 0 Å². The SMILES string of the molecule is CC(C)Oc1ccc(N2CCCN(C(=O)OC(C)(C)C)CC2)cc1. The second-order valence-corrected chi connectivity index (χ2v) is 7.47. The van der Waals surface area contributed by atoms with Crippen LogP contribution in [0.25, 0.3) is 0 Å². The molecule has 0 aromatic heterocycles. The van der Waals surface area contributed by atoms with E-state index in [0.717, 1.165) is 37.5 Å². The third-order valence-electron chi connectivity index (χ3n) is 3.72. The predicted molar refractivity (Wildman–Crippen MR) is 96.8 cm³/mol. The zero-order valence-electron chi connectivity index (χ0n) is 15.5. The molecule has 0 N–H and O–H groups in total.